The number of benzene rings is 2. The molecule has 2 aromatic rings. The van der Waals surface area contributed by atoms with E-state index in [2.05, 4.69) is 10.6 Å². The molecular formula is C20H20F4N2O4. The maximum atomic E-state index is 13.6. The average molecular weight is 428 g/mol. The minimum absolute atomic E-state index is 0.0543. The van der Waals surface area contributed by atoms with Crippen molar-refractivity contribution in [3.63, 3.8) is 0 Å². The zero-order chi connectivity index (χ0) is 22.3. The Kier molecular flexibility index (Phi) is 7.62. The van der Waals surface area contributed by atoms with Crippen molar-refractivity contribution in [2.75, 3.05) is 24.4 Å². The van der Waals surface area contributed by atoms with Crippen molar-refractivity contribution in [2.45, 2.75) is 25.9 Å². The van der Waals surface area contributed by atoms with Gasteiger partial charge >= 0.3 is 6.18 Å². The lowest BCUT2D eigenvalue weighted by atomic mass is 10.1. The summed E-state index contributed by atoms with van der Waals surface area (Å²) < 4.78 is 60.3. The molecule has 2 N–H and O–H groups in total. The number of hydrogen-bond donors (Lipinski definition) is 2. The van der Waals surface area contributed by atoms with Gasteiger partial charge in [0.25, 0.3) is 0 Å². The summed E-state index contributed by atoms with van der Waals surface area (Å²) in [4.78, 5) is 23.2. The van der Waals surface area contributed by atoms with Crippen LogP contribution in [0.3, 0.4) is 0 Å². The van der Waals surface area contributed by atoms with Gasteiger partial charge in [-0.1, -0.05) is 6.07 Å². The van der Waals surface area contributed by atoms with Crippen molar-refractivity contribution >= 4 is 23.2 Å². The van der Waals surface area contributed by atoms with Crippen LogP contribution in [0.1, 0.15) is 18.9 Å². The van der Waals surface area contributed by atoms with Gasteiger partial charge in [-0.15, -0.1) is 0 Å². The number of hydrogen-bond acceptors (Lipinski definition) is 4. The Morgan fingerprint density at radius 2 is 1.77 bits per heavy atom. The van der Waals surface area contributed by atoms with E-state index in [0.29, 0.717) is 11.3 Å². The highest BCUT2D eigenvalue weighted by molar-refractivity contribution is 5.93. The molecule has 30 heavy (non-hydrogen) atoms. The fourth-order valence-electron chi connectivity index (χ4n) is 2.52. The molecule has 6 nitrogen and oxygen atoms in total. The zero-order valence-corrected chi connectivity index (χ0v) is 16.2. The summed E-state index contributed by atoms with van der Waals surface area (Å²) in [6.45, 7) is -0.207. The molecule has 0 saturated heterocycles. The minimum Gasteiger partial charge on any atom is -0.493 e. The van der Waals surface area contributed by atoms with Crippen molar-refractivity contribution in [1.29, 1.82) is 0 Å². The third kappa shape index (κ3) is 7.26. The van der Waals surface area contributed by atoms with E-state index in [0.717, 1.165) is 6.07 Å². The second-order valence-corrected chi connectivity index (χ2v) is 6.31. The second-order valence-electron chi connectivity index (χ2n) is 6.31. The lowest BCUT2D eigenvalue weighted by Gasteiger charge is -2.13. The van der Waals surface area contributed by atoms with Crippen LogP contribution in [0.25, 0.3) is 0 Å². The van der Waals surface area contributed by atoms with Gasteiger partial charge in [-0.2, -0.15) is 13.2 Å². The zero-order valence-electron chi connectivity index (χ0n) is 16.2. The molecule has 0 fully saturated rings. The van der Waals surface area contributed by atoms with Gasteiger partial charge in [0.05, 0.1) is 12.8 Å². The number of ether oxygens (including phenoxy) is 2. The van der Waals surface area contributed by atoms with E-state index in [4.69, 9.17) is 9.47 Å². The third-order valence-corrected chi connectivity index (χ3v) is 3.82. The average Bonchev–Trinajstić information content (AvgIpc) is 2.66. The summed E-state index contributed by atoms with van der Waals surface area (Å²) >= 11 is 0. The molecule has 2 rings (SSSR count). The number of carbonyl (C=O) groups is 2. The monoisotopic (exact) mass is 428 g/mol. The van der Waals surface area contributed by atoms with Gasteiger partial charge in [-0.05, 0) is 42.3 Å². The quantitative estimate of drug-likeness (QED) is 0.615. The lowest BCUT2D eigenvalue weighted by Crippen LogP contribution is -2.19. The number of nitrogens with one attached hydrogen (secondary N) is 2. The number of halogens is 4. The summed E-state index contributed by atoms with van der Waals surface area (Å²) in [6.07, 6.45) is -4.14. The highest BCUT2D eigenvalue weighted by atomic mass is 19.4. The van der Waals surface area contributed by atoms with Crippen LogP contribution in [0.4, 0.5) is 28.9 Å². The second kappa shape index (κ2) is 9.95. The molecule has 10 heteroatoms. The Hall–Kier alpha value is -3.30. The van der Waals surface area contributed by atoms with Crippen LogP contribution in [0.5, 0.6) is 11.5 Å². The maximum absolute atomic E-state index is 13.6. The number of alkyl halides is 3. The largest absolute Gasteiger partial charge is 0.493 e. The maximum Gasteiger partial charge on any atom is 0.422 e. The Labute approximate surface area is 170 Å². The number of amides is 2. The highest BCUT2D eigenvalue weighted by Gasteiger charge is 2.29. The summed E-state index contributed by atoms with van der Waals surface area (Å²) in [5.41, 5.74) is 0.900. The first-order valence-electron chi connectivity index (χ1n) is 8.81. The summed E-state index contributed by atoms with van der Waals surface area (Å²) in [6, 6.07) is 8.14. The molecular weight excluding hydrogens is 408 g/mol. The van der Waals surface area contributed by atoms with E-state index in [9.17, 15) is 27.2 Å². The van der Waals surface area contributed by atoms with Crippen LogP contribution < -0.4 is 20.1 Å². The molecule has 0 heterocycles. The van der Waals surface area contributed by atoms with Crippen molar-refractivity contribution in [2.24, 2.45) is 0 Å². The fourth-order valence-corrected chi connectivity index (χ4v) is 2.52. The molecule has 2 aromatic carbocycles. The molecule has 0 radical (unpaired) electrons. The number of aryl methyl sites for hydroxylation is 1. The molecule has 0 aliphatic rings. The van der Waals surface area contributed by atoms with Crippen LogP contribution in [0.15, 0.2) is 36.4 Å². The summed E-state index contributed by atoms with van der Waals surface area (Å²) in [5, 5.41) is 4.91. The minimum atomic E-state index is -4.47. The fraction of sp³-hybridized carbons (Fsp3) is 0.300. The van der Waals surface area contributed by atoms with E-state index >= 15 is 0 Å². The number of carbonyl (C=O) groups excluding carboxylic acids is 2. The first kappa shape index (κ1) is 23.0. The van der Waals surface area contributed by atoms with E-state index in [1.165, 1.54) is 44.4 Å². The predicted molar refractivity (Wildman–Crippen MR) is 102 cm³/mol. The smallest absolute Gasteiger partial charge is 0.422 e. The van der Waals surface area contributed by atoms with E-state index in [1.54, 1.807) is 0 Å². The Balaban J connectivity index is 1.96. The molecule has 0 saturated carbocycles. The molecule has 162 valence electrons. The van der Waals surface area contributed by atoms with Gasteiger partial charge in [-0.25, -0.2) is 4.39 Å². The molecule has 0 unspecified atom stereocenters. The van der Waals surface area contributed by atoms with Gasteiger partial charge in [0, 0.05) is 19.0 Å². The lowest BCUT2D eigenvalue weighted by molar-refractivity contribution is -0.153. The SMILES string of the molecule is COc1cc(CCC(=O)Nc2ccc(F)c(NC(C)=O)c2)ccc1OCC(F)(F)F. The Morgan fingerprint density at radius 1 is 1.03 bits per heavy atom. The van der Waals surface area contributed by atoms with E-state index in [1.807, 2.05) is 0 Å². The Bertz CT molecular complexity index is 916. The topological polar surface area (TPSA) is 76.7 Å². The molecule has 0 aliphatic carbocycles. The van der Waals surface area contributed by atoms with Gasteiger partial charge < -0.3 is 20.1 Å². The van der Waals surface area contributed by atoms with Gasteiger partial charge in [0.1, 0.15) is 5.82 Å². The summed E-state index contributed by atoms with van der Waals surface area (Å²) in [5.74, 6) is -1.39. The van der Waals surface area contributed by atoms with Gasteiger partial charge in [-0.3, -0.25) is 9.59 Å². The molecule has 0 atom stereocenters. The number of methoxy groups -OCH3 is 1. The molecule has 0 aliphatic heterocycles. The first-order valence-corrected chi connectivity index (χ1v) is 8.81. The molecule has 0 bridgehead atoms. The van der Waals surface area contributed by atoms with Gasteiger partial charge in [0.15, 0.2) is 18.1 Å². The molecule has 0 spiro atoms. The molecule has 2 amide bonds. The third-order valence-electron chi connectivity index (χ3n) is 3.82. The number of rotatable bonds is 8. The van der Waals surface area contributed by atoms with Crippen LogP contribution in [0, 0.1) is 5.82 Å². The molecule has 0 aromatic heterocycles. The van der Waals surface area contributed by atoms with Crippen LogP contribution in [-0.2, 0) is 16.0 Å². The Morgan fingerprint density at radius 3 is 2.40 bits per heavy atom. The normalized spacial score (nSPS) is 11.0. The highest BCUT2D eigenvalue weighted by Crippen LogP contribution is 2.30. The first-order chi connectivity index (χ1) is 14.1. The van der Waals surface area contributed by atoms with Crippen molar-refractivity contribution in [1.82, 2.24) is 0 Å². The van der Waals surface area contributed by atoms with Crippen molar-refractivity contribution in [3.05, 3.63) is 47.8 Å². The van der Waals surface area contributed by atoms with Crippen LogP contribution >= 0.6 is 0 Å². The van der Waals surface area contributed by atoms with Crippen molar-refractivity contribution < 1.29 is 36.6 Å². The predicted octanol–water partition coefficient (Wildman–Crippen LogP) is 4.31. The summed E-state index contributed by atoms with van der Waals surface area (Å²) in [7, 11) is 1.30. The van der Waals surface area contributed by atoms with Crippen molar-refractivity contribution in [3.8, 4) is 11.5 Å². The standard InChI is InChI=1S/C20H20F4N2O4/c1-12(27)25-16-10-14(5-6-15(16)21)26-19(28)8-4-13-3-7-17(18(9-13)29-2)30-11-20(22,23)24/h3,5-7,9-10H,4,8,11H2,1-2H3,(H,25,27)(H,26,28). The van der Waals surface area contributed by atoms with E-state index in [-0.39, 0.29) is 35.9 Å². The van der Waals surface area contributed by atoms with Crippen LogP contribution in [-0.4, -0.2) is 31.7 Å². The number of anilines is 2. The van der Waals surface area contributed by atoms with Gasteiger partial charge in [0.2, 0.25) is 11.8 Å². The van der Waals surface area contributed by atoms with Crippen LogP contribution in [0.2, 0.25) is 0 Å². The van der Waals surface area contributed by atoms with E-state index < -0.39 is 24.5 Å².